The fourth-order valence-corrected chi connectivity index (χ4v) is 2.09. The van der Waals surface area contributed by atoms with E-state index in [0.29, 0.717) is 4.48 Å². The molecule has 0 aromatic carbocycles. The van der Waals surface area contributed by atoms with E-state index >= 15 is 0 Å². The van der Waals surface area contributed by atoms with Gasteiger partial charge >= 0.3 is 0 Å². The molecule has 0 aromatic rings. The normalized spacial score (nSPS) is 26.6. The van der Waals surface area contributed by atoms with Crippen LogP contribution in [-0.4, -0.2) is 16.4 Å². The number of rotatable bonds is 0. The van der Waals surface area contributed by atoms with Crippen LogP contribution in [-0.2, 0) is 9.59 Å². The lowest BCUT2D eigenvalue weighted by molar-refractivity contribution is -0.120. The monoisotopic (exact) mass is 266 g/mol. The smallest absolute Gasteiger partial charge is 0.183 e. The van der Waals surface area contributed by atoms with Crippen LogP contribution in [0.4, 0.5) is 0 Å². The number of hydrogen-bond donors (Lipinski definition) is 0. The van der Waals surface area contributed by atoms with Crippen molar-refractivity contribution in [1.29, 1.82) is 0 Å². The minimum absolute atomic E-state index is 0.0200. The van der Waals surface area contributed by atoms with Gasteiger partial charge in [-0.15, -0.1) is 0 Å². The van der Waals surface area contributed by atoms with E-state index in [0.717, 1.165) is 0 Å². The fraction of sp³-hybridized carbons (Fsp3) is 0.333. The van der Waals surface area contributed by atoms with E-state index in [2.05, 4.69) is 31.9 Å². The van der Waals surface area contributed by atoms with E-state index < -0.39 is 0 Å². The molecule has 0 radical (unpaired) electrons. The largest absolute Gasteiger partial charge is 0.295 e. The summed E-state index contributed by atoms with van der Waals surface area (Å²) in [6.07, 6.45) is 1.59. The van der Waals surface area contributed by atoms with Crippen molar-refractivity contribution in [3.05, 3.63) is 10.6 Å². The Balaban J connectivity index is 2.91. The molecule has 4 heteroatoms. The van der Waals surface area contributed by atoms with Crippen molar-refractivity contribution in [2.24, 2.45) is 0 Å². The van der Waals surface area contributed by atoms with Crippen molar-refractivity contribution in [1.82, 2.24) is 0 Å². The van der Waals surface area contributed by atoms with Crippen LogP contribution in [0.1, 0.15) is 6.42 Å². The third-order valence-electron chi connectivity index (χ3n) is 1.19. The molecule has 2 nitrogen and oxygen atoms in total. The van der Waals surface area contributed by atoms with Crippen molar-refractivity contribution < 1.29 is 9.59 Å². The number of Topliss-reactive ketones (excluding diaryl/α,β-unsaturated/α-hetero) is 1. The minimum atomic E-state index is -0.334. The molecule has 0 amide bonds. The zero-order valence-corrected chi connectivity index (χ0v) is 8.11. The number of carbonyl (C=O) groups is 2. The molecule has 0 saturated carbocycles. The van der Waals surface area contributed by atoms with Crippen LogP contribution in [0.3, 0.4) is 0 Å². The van der Waals surface area contributed by atoms with Gasteiger partial charge in [0.15, 0.2) is 11.6 Å². The van der Waals surface area contributed by atoms with Crippen molar-refractivity contribution in [2.75, 3.05) is 0 Å². The van der Waals surface area contributed by atoms with Gasteiger partial charge in [0.1, 0.15) is 0 Å². The molecular formula is C6H4Br2O2. The van der Waals surface area contributed by atoms with Crippen LogP contribution < -0.4 is 0 Å². The van der Waals surface area contributed by atoms with E-state index in [1.165, 1.54) is 6.08 Å². The molecule has 0 saturated heterocycles. The maximum Gasteiger partial charge on any atom is 0.183 e. The predicted octanol–water partition coefficient (Wildman–Crippen LogP) is 1.57. The van der Waals surface area contributed by atoms with Crippen LogP contribution in [0.25, 0.3) is 0 Å². The molecule has 0 aromatic heterocycles. The highest BCUT2D eigenvalue weighted by Crippen LogP contribution is 2.22. The van der Waals surface area contributed by atoms with Gasteiger partial charge in [-0.3, -0.25) is 9.59 Å². The molecule has 10 heavy (non-hydrogen) atoms. The highest BCUT2D eigenvalue weighted by atomic mass is 79.9. The Bertz CT molecular complexity index is 220. The van der Waals surface area contributed by atoms with Crippen molar-refractivity contribution >= 4 is 43.4 Å². The Morgan fingerprint density at radius 3 is 2.60 bits per heavy atom. The maximum atomic E-state index is 11.0. The SMILES string of the molecule is O=C1C=C(Br)C(=O)C(Br)C1. The van der Waals surface area contributed by atoms with Crippen LogP contribution in [0.2, 0.25) is 0 Å². The van der Waals surface area contributed by atoms with E-state index in [-0.39, 0.29) is 22.8 Å². The maximum absolute atomic E-state index is 11.0. The summed E-state index contributed by atoms with van der Waals surface area (Å²) in [5.41, 5.74) is 0. The second kappa shape index (κ2) is 2.96. The molecule has 1 rings (SSSR count). The highest BCUT2D eigenvalue weighted by molar-refractivity contribution is 9.12. The zero-order valence-electron chi connectivity index (χ0n) is 4.93. The predicted molar refractivity (Wildman–Crippen MR) is 44.4 cm³/mol. The van der Waals surface area contributed by atoms with Gasteiger partial charge in [-0.25, -0.2) is 0 Å². The van der Waals surface area contributed by atoms with Gasteiger partial charge < -0.3 is 0 Å². The van der Waals surface area contributed by atoms with Gasteiger partial charge in [-0.2, -0.15) is 0 Å². The molecule has 1 atom stereocenters. The topological polar surface area (TPSA) is 34.1 Å². The summed E-state index contributed by atoms with van der Waals surface area (Å²) in [5.74, 6) is -0.0760. The summed E-state index contributed by atoms with van der Waals surface area (Å²) < 4.78 is 0.366. The number of allylic oxidation sites excluding steroid dienone is 2. The molecule has 0 heterocycles. The third kappa shape index (κ3) is 1.55. The molecule has 0 bridgehead atoms. The molecule has 1 aliphatic carbocycles. The Kier molecular flexibility index (Phi) is 2.41. The van der Waals surface area contributed by atoms with Crippen LogP contribution in [0.5, 0.6) is 0 Å². The van der Waals surface area contributed by atoms with Gasteiger partial charge in [0, 0.05) is 6.42 Å². The number of carbonyl (C=O) groups excluding carboxylic acids is 2. The average molecular weight is 268 g/mol. The average Bonchev–Trinajstić information content (AvgIpc) is 1.82. The zero-order chi connectivity index (χ0) is 7.72. The number of ketones is 2. The first-order chi connectivity index (χ1) is 4.61. The van der Waals surface area contributed by atoms with Gasteiger partial charge in [0.2, 0.25) is 0 Å². The van der Waals surface area contributed by atoms with Crippen molar-refractivity contribution in [2.45, 2.75) is 11.2 Å². The lowest BCUT2D eigenvalue weighted by Crippen LogP contribution is -2.22. The van der Waals surface area contributed by atoms with Crippen molar-refractivity contribution in [3.63, 3.8) is 0 Å². The van der Waals surface area contributed by atoms with Crippen LogP contribution in [0.15, 0.2) is 10.6 Å². The number of alkyl halides is 1. The van der Waals surface area contributed by atoms with Crippen molar-refractivity contribution in [3.8, 4) is 0 Å². The summed E-state index contributed by atoms with van der Waals surface area (Å²) >= 11 is 6.09. The van der Waals surface area contributed by atoms with Gasteiger partial charge in [-0.1, -0.05) is 15.9 Å². The number of halogens is 2. The molecule has 54 valence electrons. The Hall–Kier alpha value is 0.0400. The van der Waals surface area contributed by atoms with Gasteiger partial charge in [0.25, 0.3) is 0 Å². The Morgan fingerprint density at radius 2 is 2.10 bits per heavy atom. The summed E-state index contributed by atoms with van der Waals surface area (Å²) in [7, 11) is 0. The molecule has 1 unspecified atom stereocenters. The first-order valence-corrected chi connectivity index (χ1v) is 4.40. The minimum Gasteiger partial charge on any atom is -0.295 e. The van der Waals surface area contributed by atoms with E-state index in [9.17, 15) is 9.59 Å². The van der Waals surface area contributed by atoms with E-state index in [1.807, 2.05) is 0 Å². The summed E-state index contributed by atoms with van der Waals surface area (Å²) in [6, 6.07) is 0. The third-order valence-corrected chi connectivity index (χ3v) is 2.55. The Morgan fingerprint density at radius 1 is 1.50 bits per heavy atom. The van der Waals surface area contributed by atoms with E-state index in [1.54, 1.807) is 0 Å². The van der Waals surface area contributed by atoms with Crippen LogP contribution in [0, 0.1) is 0 Å². The lowest BCUT2D eigenvalue weighted by Gasteiger charge is -2.10. The number of hydrogen-bond acceptors (Lipinski definition) is 2. The molecule has 0 N–H and O–H groups in total. The molecule has 0 fully saturated rings. The van der Waals surface area contributed by atoms with Gasteiger partial charge in [-0.05, 0) is 22.0 Å². The van der Waals surface area contributed by atoms with E-state index in [4.69, 9.17) is 0 Å². The first-order valence-electron chi connectivity index (χ1n) is 2.69. The lowest BCUT2D eigenvalue weighted by atomic mass is 10.1. The Labute approximate surface area is 74.9 Å². The van der Waals surface area contributed by atoms with Gasteiger partial charge in [0.05, 0.1) is 9.31 Å². The fourth-order valence-electron chi connectivity index (χ4n) is 0.690. The molecule has 0 aliphatic heterocycles. The summed E-state index contributed by atoms with van der Waals surface area (Å²) in [5, 5.41) is 0. The molecule has 1 aliphatic rings. The second-order valence-corrected chi connectivity index (χ2v) is 3.95. The highest BCUT2D eigenvalue weighted by Gasteiger charge is 2.25. The second-order valence-electron chi connectivity index (χ2n) is 1.99. The molecular weight excluding hydrogens is 264 g/mol. The first kappa shape index (κ1) is 8.14. The van der Waals surface area contributed by atoms with Crippen LogP contribution >= 0.6 is 31.9 Å². The quantitative estimate of drug-likeness (QED) is 0.625. The summed E-state index contributed by atoms with van der Waals surface area (Å²) in [6.45, 7) is 0. The molecule has 0 spiro atoms. The standard InChI is InChI=1S/C6H4Br2O2/c7-4-1-3(9)2-5(8)6(4)10/h1,5H,2H2. The summed E-state index contributed by atoms with van der Waals surface area (Å²) in [4.78, 5) is 21.4.